The van der Waals surface area contributed by atoms with E-state index in [1.807, 2.05) is 41.8 Å². The molecule has 9 heteroatoms. The fourth-order valence-electron chi connectivity index (χ4n) is 3.94. The highest BCUT2D eigenvalue weighted by atomic mass is 19.1. The SMILES string of the molecule is Cc1nn(C)c2cc(-c3noc(N4CCN(C(=O)c5cccc(F)c5)CC4)n3)ccc12. The maximum atomic E-state index is 13.4. The fourth-order valence-corrected chi connectivity index (χ4v) is 3.94. The molecule has 1 saturated heterocycles. The number of piperazine rings is 1. The number of hydrogen-bond acceptors (Lipinski definition) is 6. The zero-order valence-corrected chi connectivity index (χ0v) is 17.2. The van der Waals surface area contributed by atoms with E-state index in [4.69, 9.17) is 4.52 Å². The van der Waals surface area contributed by atoms with E-state index < -0.39 is 5.82 Å². The van der Waals surface area contributed by atoms with Gasteiger partial charge in [-0.2, -0.15) is 10.1 Å². The molecule has 0 aliphatic carbocycles. The Hall–Kier alpha value is -3.75. The Kier molecular flexibility index (Phi) is 4.65. The summed E-state index contributed by atoms with van der Waals surface area (Å²) in [5.41, 5.74) is 3.19. The van der Waals surface area contributed by atoms with Crippen LogP contribution in [0.15, 0.2) is 47.0 Å². The lowest BCUT2D eigenvalue weighted by Gasteiger charge is -2.33. The standard InChI is InChI=1S/C22H21FN6O2/c1-14-18-7-6-15(13-19(18)27(2)25-14)20-24-22(31-26-20)29-10-8-28(9-11-29)21(30)16-4-3-5-17(23)12-16/h3-7,12-13H,8-11H2,1-2H3. The van der Waals surface area contributed by atoms with Crippen LogP contribution in [0.5, 0.6) is 0 Å². The van der Waals surface area contributed by atoms with Crippen molar-refractivity contribution in [1.29, 1.82) is 0 Å². The third kappa shape index (κ3) is 3.52. The molecular formula is C22H21FN6O2. The highest BCUT2D eigenvalue weighted by Crippen LogP contribution is 2.26. The Morgan fingerprint density at radius 2 is 1.90 bits per heavy atom. The lowest BCUT2D eigenvalue weighted by Crippen LogP contribution is -2.49. The van der Waals surface area contributed by atoms with Crippen LogP contribution in [0, 0.1) is 12.7 Å². The van der Waals surface area contributed by atoms with Gasteiger partial charge < -0.3 is 14.3 Å². The smallest absolute Gasteiger partial charge is 0.324 e. The second-order valence-electron chi connectivity index (χ2n) is 7.63. The van der Waals surface area contributed by atoms with Gasteiger partial charge in [-0.25, -0.2) is 4.39 Å². The number of aryl methyl sites for hydroxylation is 2. The minimum absolute atomic E-state index is 0.176. The van der Waals surface area contributed by atoms with Crippen molar-refractivity contribution in [3.05, 3.63) is 59.5 Å². The van der Waals surface area contributed by atoms with Gasteiger partial charge in [0, 0.05) is 49.7 Å². The molecule has 0 N–H and O–H groups in total. The molecule has 2 aromatic heterocycles. The van der Waals surface area contributed by atoms with E-state index >= 15 is 0 Å². The fraction of sp³-hybridized carbons (Fsp3) is 0.273. The van der Waals surface area contributed by atoms with Gasteiger partial charge in [0.15, 0.2) is 0 Å². The summed E-state index contributed by atoms with van der Waals surface area (Å²) in [6, 6.07) is 12.2. The maximum absolute atomic E-state index is 13.4. The number of rotatable bonds is 3. The van der Waals surface area contributed by atoms with Crippen molar-refractivity contribution in [3.63, 3.8) is 0 Å². The van der Waals surface area contributed by atoms with Gasteiger partial charge in [0.2, 0.25) is 5.82 Å². The average molecular weight is 420 g/mol. The second-order valence-corrected chi connectivity index (χ2v) is 7.63. The molecule has 0 atom stereocenters. The monoisotopic (exact) mass is 420 g/mol. The van der Waals surface area contributed by atoms with Crippen molar-refractivity contribution >= 4 is 22.8 Å². The first-order chi connectivity index (χ1) is 15.0. The largest absolute Gasteiger partial charge is 0.335 e. The summed E-state index contributed by atoms with van der Waals surface area (Å²) in [6.45, 7) is 4.08. The van der Waals surface area contributed by atoms with Crippen LogP contribution in [0.4, 0.5) is 10.4 Å². The predicted octanol–water partition coefficient (Wildman–Crippen LogP) is 3.03. The van der Waals surface area contributed by atoms with Gasteiger partial charge >= 0.3 is 6.01 Å². The van der Waals surface area contributed by atoms with Crippen molar-refractivity contribution in [2.45, 2.75) is 6.92 Å². The Morgan fingerprint density at radius 1 is 1.10 bits per heavy atom. The number of halogens is 1. The predicted molar refractivity (Wildman–Crippen MR) is 113 cm³/mol. The van der Waals surface area contributed by atoms with Crippen LogP contribution in [-0.2, 0) is 7.05 Å². The van der Waals surface area contributed by atoms with Crippen molar-refractivity contribution in [1.82, 2.24) is 24.8 Å². The van der Waals surface area contributed by atoms with E-state index in [2.05, 4.69) is 15.2 Å². The summed E-state index contributed by atoms with van der Waals surface area (Å²) in [7, 11) is 1.91. The number of hydrogen-bond donors (Lipinski definition) is 0. The lowest BCUT2D eigenvalue weighted by atomic mass is 10.1. The van der Waals surface area contributed by atoms with Gasteiger partial charge in [0.25, 0.3) is 5.91 Å². The summed E-state index contributed by atoms with van der Waals surface area (Å²) in [5.74, 6) is -0.0819. The molecule has 1 aliphatic heterocycles. The van der Waals surface area contributed by atoms with Crippen LogP contribution in [0.25, 0.3) is 22.3 Å². The third-order valence-corrected chi connectivity index (χ3v) is 5.62. The Bertz CT molecular complexity index is 1270. The molecular weight excluding hydrogens is 399 g/mol. The van der Waals surface area contributed by atoms with Crippen molar-refractivity contribution in [2.24, 2.45) is 7.05 Å². The Balaban J connectivity index is 1.29. The number of nitrogens with zero attached hydrogens (tertiary/aromatic N) is 6. The molecule has 0 unspecified atom stereocenters. The van der Waals surface area contributed by atoms with Gasteiger partial charge in [-0.15, -0.1) is 0 Å². The van der Waals surface area contributed by atoms with Crippen LogP contribution < -0.4 is 4.90 Å². The first-order valence-corrected chi connectivity index (χ1v) is 10.1. The van der Waals surface area contributed by atoms with Crippen LogP contribution in [0.2, 0.25) is 0 Å². The van der Waals surface area contributed by atoms with Crippen molar-refractivity contribution < 1.29 is 13.7 Å². The number of carbonyl (C=O) groups excluding carboxylic acids is 1. The van der Waals surface area contributed by atoms with E-state index in [9.17, 15) is 9.18 Å². The molecule has 8 nitrogen and oxygen atoms in total. The number of anilines is 1. The quantitative estimate of drug-likeness (QED) is 0.507. The zero-order valence-electron chi connectivity index (χ0n) is 17.2. The van der Waals surface area contributed by atoms with Crippen LogP contribution >= 0.6 is 0 Å². The maximum Gasteiger partial charge on any atom is 0.324 e. The number of benzene rings is 2. The zero-order chi connectivity index (χ0) is 21.5. The van der Waals surface area contributed by atoms with Crippen molar-refractivity contribution in [2.75, 3.05) is 31.1 Å². The summed E-state index contributed by atoms with van der Waals surface area (Å²) in [6.07, 6.45) is 0. The minimum Gasteiger partial charge on any atom is -0.335 e. The van der Waals surface area contributed by atoms with Gasteiger partial charge in [-0.3, -0.25) is 9.48 Å². The molecule has 0 bridgehead atoms. The Morgan fingerprint density at radius 3 is 2.68 bits per heavy atom. The second kappa shape index (κ2) is 7.50. The van der Waals surface area contributed by atoms with Crippen molar-refractivity contribution in [3.8, 4) is 11.4 Å². The molecule has 0 saturated carbocycles. The molecule has 2 aromatic carbocycles. The molecule has 1 fully saturated rings. The highest BCUT2D eigenvalue weighted by molar-refractivity contribution is 5.94. The summed E-state index contributed by atoms with van der Waals surface area (Å²) < 4.78 is 20.7. The van der Waals surface area contributed by atoms with Crippen LogP contribution in [0.3, 0.4) is 0 Å². The Labute approximate surface area is 177 Å². The topological polar surface area (TPSA) is 80.3 Å². The number of amides is 1. The number of fused-ring (bicyclic) bond motifs is 1. The first kappa shape index (κ1) is 19.2. The highest BCUT2D eigenvalue weighted by Gasteiger charge is 2.25. The van der Waals surface area contributed by atoms with E-state index in [0.29, 0.717) is 43.6 Å². The van der Waals surface area contributed by atoms with Gasteiger partial charge in [0.05, 0.1) is 11.2 Å². The molecule has 0 spiro atoms. The summed E-state index contributed by atoms with van der Waals surface area (Å²) >= 11 is 0. The molecule has 158 valence electrons. The van der Waals surface area contributed by atoms with E-state index in [1.165, 1.54) is 12.1 Å². The molecule has 1 aliphatic rings. The summed E-state index contributed by atoms with van der Waals surface area (Å²) in [4.78, 5) is 20.8. The molecule has 1 amide bonds. The van der Waals surface area contributed by atoms with Gasteiger partial charge in [0.1, 0.15) is 5.82 Å². The molecule has 4 aromatic rings. The molecule has 5 rings (SSSR count). The molecule has 3 heterocycles. The van der Waals surface area contributed by atoms with Crippen LogP contribution in [0.1, 0.15) is 16.1 Å². The lowest BCUT2D eigenvalue weighted by molar-refractivity contribution is 0.0744. The van der Waals surface area contributed by atoms with E-state index in [-0.39, 0.29) is 5.91 Å². The first-order valence-electron chi connectivity index (χ1n) is 10.1. The molecule has 0 radical (unpaired) electrons. The molecule has 31 heavy (non-hydrogen) atoms. The van der Waals surface area contributed by atoms with Crippen LogP contribution in [-0.4, -0.2) is 56.9 Å². The van der Waals surface area contributed by atoms with E-state index in [1.54, 1.807) is 17.0 Å². The minimum atomic E-state index is -0.414. The number of aromatic nitrogens is 4. The third-order valence-electron chi connectivity index (χ3n) is 5.62. The average Bonchev–Trinajstić information content (AvgIpc) is 3.38. The normalized spacial score (nSPS) is 14.4. The number of carbonyl (C=O) groups is 1. The summed E-state index contributed by atoms with van der Waals surface area (Å²) in [5, 5.41) is 9.67. The van der Waals surface area contributed by atoms with Gasteiger partial charge in [-0.1, -0.05) is 23.4 Å². The van der Waals surface area contributed by atoms with E-state index in [0.717, 1.165) is 22.2 Å². The van der Waals surface area contributed by atoms with Gasteiger partial charge in [-0.05, 0) is 31.2 Å².